The van der Waals surface area contributed by atoms with Crippen LogP contribution in [0.1, 0.15) is 52.9 Å². The lowest BCUT2D eigenvalue weighted by Crippen LogP contribution is -2.47. The zero-order valence-corrected chi connectivity index (χ0v) is 19.0. The Morgan fingerprint density at radius 2 is 2.04 bits per heavy atom. The molecule has 1 saturated carbocycles. The zero-order valence-electron chi connectivity index (χ0n) is 15.8. The van der Waals surface area contributed by atoms with Crippen molar-refractivity contribution in [3.05, 3.63) is 12.2 Å². The Morgan fingerprint density at radius 1 is 1.32 bits per heavy atom. The van der Waals surface area contributed by atoms with E-state index in [1.165, 1.54) is 12.8 Å². The molecule has 2 rings (SSSR count). The van der Waals surface area contributed by atoms with Gasteiger partial charge in [-0.3, -0.25) is 0 Å². The van der Waals surface area contributed by atoms with Crippen molar-refractivity contribution in [2.24, 2.45) is 16.3 Å². The molecular formula is C18H34IN3O2S. The molecule has 2 aliphatic rings. The Bertz CT molecular complexity index is 587. The van der Waals surface area contributed by atoms with E-state index in [0.717, 1.165) is 30.8 Å². The fourth-order valence-corrected chi connectivity index (χ4v) is 5.52. The summed E-state index contributed by atoms with van der Waals surface area (Å²) in [6.07, 6.45) is 5.56. The summed E-state index contributed by atoms with van der Waals surface area (Å²) in [5.41, 5.74) is 1.39. The summed E-state index contributed by atoms with van der Waals surface area (Å²) in [4.78, 5) is 4.61. The van der Waals surface area contributed by atoms with Crippen LogP contribution in [0.2, 0.25) is 0 Å². The Morgan fingerprint density at radius 3 is 2.60 bits per heavy atom. The van der Waals surface area contributed by atoms with Gasteiger partial charge in [0.1, 0.15) is 0 Å². The summed E-state index contributed by atoms with van der Waals surface area (Å²) < 4.78 is 23.2. The highest BCUT2D eigenvalue weighted by Gasteiger charge is 2.30. The molecule has 1 aliphatic carbocycles. The summed E-state index contributed by atoms with van der Waals surface area (Å²) in [6, 6.07) is 0.428. The van der Waals surface area contributed by atoms with Crippen molar-refractivity contribution >= 4 is 39.8 Å². The second-order valence-electron chi connectivity index (χ2n) is 8.37. The van der Waals surface area contributed by atoms with Crippen LogP contribution in [-0.2, 0) is 9.84 Å². The second-order valence-corrected chi connectivity index (χ2v) is 10.6. The van der Waals surface area contributed by atoms with E-state index in [1.54, 1.807) is 0 Å². The number of rotatable bonds is 5. The minimum atomic E-state index is -2.83. The van der Waals surface area contributed by atoms with Gasteiger partial charge in [-0.15, -0.1) is 24.0 Å². The van der Waals surface area contributed by atoms with Crippen molar-refractivity contribution in [2.75, 3.05) is 24.6 Å². The highest BCUT2D eigenvalue weighted by Crippen LogP contribution is 2.35. The van der Waals surface area contributed by atoms with Gasteiger partial charge in [-0.25, -0.2) is 13.4 Å². The Labute approximate surface area is 170 Å². The van der Waals surface area contributed by atoms with Crippen molar-refractivity contribution in [1.29, 1.82) is 0 Å². The number of hydrogen-bond donors (Lipinski definition) is 2. The molecule has 0 aromatic rings. The van der Waals surface area contributed by atoms with E-state index in [9.17, 15) is 8.42 Å². The fourth-order valence-electron chi connectivity index (χ4n) is 3.66. The van der Waals surface area contributed by atoms with E-state index in [0.29, 0.717) is 36.1 Å². The maximum Gasteiger partial charge on any atom is 0.191 e. The SMILES string of the molecule is C=C(C)CN=C(NCC1CCS(=O)(=O)C1)NC1CCCC(C)(C)C1.I. The summed E-state index contributed by atoms with van der Waals surface area (Å²) in [6.45, 7) is 11.8. The summed E-state index contributed by atoms with van der Waals surface area (Å²) in [5, 5.41) is 6.92. The topological polar surface area (TPSA) is 70.6 Å². The van der Waals surface area contributed by atoms with Gasteiger partial charge >= 0.3 is 0 Å². The number of aliphatic imine (C=N–C) groups is 1. The quantitative estimate of drug-likeness (QED) is 0.273. The molecule has 2 N–H and O–H groups in total. The number of nitrogens with zero attached hydrogens (tertiary/aromatic N) is 1. The van der Waals surface area contributed by atoms with E-state index in [-0.39, 0.29) is 29.9 Å². The van der Waals surface area contributed by atoms with Gasteiger partial charge in [-0.2, -0.15) is 0 Å². The van der Waals surface area contributed by atoms with Crippen LogP contribution in [0.3, 0.4) is 0 Å². The molecule has 0 aromatic heterocycles. The monoisotopic (exact) mass is 483 g/mol. The van der Waals surface area contributed by atoms with Crippen LogP contribution < -0.4 is 10.6 Å². The van der Waals surface area contributed by atoms with Gasteiger partial charge in [-0.05, 0) is 43.9 Å². The van der Waals surface area contributed by atoms with Crippen LogP contribution >= 0.6 is 24.0 Å². The summed E-state index contributed by atoms with van der Waals surface area (Å²) in [5.74, 6) is 1.60. The van der Waals surface area contributed by atoms with Crippen molar-refractivity contribution in [3.63, 3.8) is 0 Å². The number of halogens is 1. The molecule has 0 bridgehead atoms. The Balaban J connectivity index is 0.00000312. The minimum absolute atomic E-state index is 0. The molecule has 0 spiro atoms. The maximum atomic E-state index is 11.6. The van der Waals surface area contributed by atoms with E-state index in [4.69, 9.17) is 0 Å². The second kappa shape index (κ2) is 9.58. The predicted molar refractivity (Wildman–Crippen MR) is 116 cm³/mol. The molecule has 146 valence electrons. The third-order valence-corrected chi connectivity index (χ3v) is 6.77. The lowest BCUT2D eigenvalue weighted by atomic mass is 9.75. The molecule has 2 fully saturated rings. The van der Waals surface area contributed by atoms with Crippen molar-refractivity contribution < 1.29 is 8.42 Å². The van der Waals surface area contributed by atoms with Crippen LogP contribution in [0.25, 0.3) is 0 Å². The number of hydrogen-bond acceptors (Lipinski definition) is 3. The third-order valence-electron chi connectivity index (χ3n) is 4.94. The van der Waals surface area contributed by atoms with Crippen molar-refractivity contribution in [2.45, 2.75) is 58.9 Å². The number of guanidine groups is 1. The molecule has 2 unspecified atom stereocenters. The fraction of sp³-hybridized carbons (Fsp3) is 0.833. The first-order valence-electron chi connectivity index (χ1n) is 9.05. The molecule has 1 saturated heterocycles. The lowest BCUT2D eigenvalue weighted by Gasteiger charge is -2.36. The maximum absolute atomic E-state index is 11.6. The predicted octanol–water partition coefficient (Wildman–Crippen LogP) is 3.12. The summed E-state index contributed by atoms with van der Waals surface area (Å²) in [7, 11) is -2.83. The molecular weight excluding hydrogens is 449 g/mol. The largest absolute Gasteiger partial charge is 0.356 e. The molecule has 0 radical (unpaired) electrons. The van der Waals surface area contributed by atoms with E-state index in [1.807, 2.05) is 6.92 Å². The molecule has 5 nitrogen and oxygen atoms in total. The van der Waals surface area contributed by atoms with E-state index >= 15 is 0 Å². The van der Waals surface area contributed by atoms with Gasteiger partial charge in [-0.1, -0.05) is 32.4 Å². The molecule has 7 heteroatoms. The van der Waals surface area contributed by atoms with Crippen molar-refractivity contribution in [3.8, 4) is 0 Å². The molecule has 1 heterocycles. The molecule has 0 aromatic carbocycles. The number of sulfone groups is 1. The van der Waals surface area contributed by atoms with Gasteiger partial charge < -0.3 is 10.6 Å². The van der Waals surface area contributed by atoms with Crippen molar-refractivity contribution in [1.82, 2.24) is 10.6 Å². The van der Waals surface area contributed by atoms with Gasteiger partial charge in [0.05, 0.1) is 18.1 Å². The van der Waals surface area contributed by atoms with Crippen LogP contribution in [0, 0.1) is 11.3 Å². The number of nitrogens with one attached hydrogen (secondary N) is 2. The van der Waals surface area contributed by atoms with Gasteiger partial charge in [0.2, 0.25) is 0 Å². The standard InChI is InChI=1S/C18H33N3O2S.HI/c1-14(2)11-19-17(20-12-15-7-9-24(22,23)13-15)21-16-6-5-8-18(3,4)10-16;/h15-16H,1,5-13H2,2-4H3,(H2,19,20,21);1H. The first-order valence-corrected chi connectivity index (χ1v) is 10.9. The normalized spacial score (nSPS) is 28.0. The smallest absolute Gasteiger partial charge is 0.191 e. The van der Waals surface area contributed by atoms with E-state index < -0.39 is 9.84 Å². The van der Waals surface area contributed by atoms with Crippen LogP contribution in [0.5, 0.6) is 0 Å². The van der Waals surface area contributed by atoms with Gasteiger partial charge in [0.25, 0.3) is 0 Å². The Hall–Kier alpha value is -0.310. The molecule has 2 atom stereocenters. The first-order chi connectivity index (χ1) is 11.2. The average molecular weight is 483 g/mol. The highest BCUT2D eigenvalue weighted by atomic mass is 127. The zero-order chi connectivity index (χ0) is 17.8. The molecule has 25 heavy (non-hydrogen) atoms. The lowest BCUT2D eigenvalue weighted by molar-refractivity contribution is 0.210. The van der Waals surface area contributed by atoms with Crippen LogP contribution in [0.4, 0.5) is 0 Å². The van der Waals surface area contributed by atoms with Crippen LogP contribution in [-0.4, -0.2) is 45.0 Å². The summed E-state index contributed by atoms with van der Waals surface area (Å²) >= 11 is 0. The van der Waals surface area contributed by atoms with Gasteiger partial charge in [0, 0.05) is 12.6 Å². The molecule has 1 aliphatic heterocycles. The Kier molecular flexibility index (Phi) is 8.71. The average Bonchev–Trinajstić information content (AvgIpc) is 2.80. The van der Waals surface area contributed by atoms with E-state index in [2.05, 4.69) is 36.1 Å². The molecule has 0 amide bonds. The highest BCUT2D eigenvalue weighted by molar-refractivity contribution is 14.0. The van der Waals surface area contributed by atoms with Gasteiger partial charge in [0.15, 0.2) is 15.8 Å². The van der Waals surface area contributed by atoms with Crippen LogP contribution in [0.15, 0.2) is 17.1 Å². The minimum Gasteiger partial charge on any atom is -0.356 e. The third kappa shape index (κ3) is 8.28. The first kappa shape index (κ1) is 22.7.